The molecule has 5 heterocycles. The Morgan fingerprint density at radius 3 is 2.51 bits per heavy atom. The standard InChI is InChI=1S/C26H29FN8/c1-17(2)35-16-30-25-23(35)14-22(32-26(25)27)21-7-8-28-24(31-21)13-18-3-4-20(15-29-18)34-11-9-33(10-12-34)19-5-6-19/h3-4,7-8,14-17,19H,5-6,9-13H2,1-2H3. The van der Waals surface area contributed by atoms with Gasteiger partial charge in [-0.25, -0.2) is 19.9 Å². The quantitative estimate of drug-likeness (QED) is 0.394. The predicted octanol–water partition coefficient (Wildman–Crippen LogP) is 3.88. The molecule has 2 fully saturated rings. The van der Waals surface area contributed by atoms with Gasteiger partial charge in [-0.05, 0) is 51.0 Å². The van der Waals surface area contributed by atoms with Crippen LogP contribution in [0, 0.1) is 5.95 Å². The molecule has 1 aliphatic heterocycles. The van der Waals surface area contributed by atoms with E-state index < -0.39 is 5.95 Å². The second-order valence-electron chi connectivity index (χ2n) is 9.71. The van der Waals surface area contributed by atoms with Crippen LogP contribution in [-0.2, 0) is 6.42 Å². The molecule has 0 N–H and O–H groups in total. The number of hydrogen-bond acceptors (Lipinski definition) is 7. The van der Waals surface area contributed by atoms with E-state index in [2.05, 4.69) is 40.8 Å². The first kappa shape index (κ1) is 22.0. The summed E-state index contributed by atoms with van der Waals surface area (Å²) in [5.41, 5.74) is 4.09. The lowest BCUT2D eigenvalue weighted by molar-refractivity contribution is 0.248. The first-order valence-corrected chi connectivity index (χ1v) is 12.3. The van der Waals surface area contributed by atoms with E-state index in [0.717, 1.165) is 43.6 Å². The van der Waals surface area contributed by atoms with Crippen LogP contribution in [-0.4, -0.2) is 66.6 Å². The molecule has 4 aromatic heterocycles. The molecule has 0 atom stereocenters. The first-order chi connectivity index (χ1) is 17.0. The van der Waals surface area contributed by atoms with Crippen LogP contribution in [0.1, 0.15) is 44.2 Å². The number of pyridine rings is 2. The Labute approximate surface area is 203 Å². The van der Waals surface area contributed by atoms with Gasteiger partial charge in [-0.3, -0.25) is 9.88 Å². The maximum Gasteiger partial charge on any atom is 0.241 e. The van der Waals surface area contributed by atoms with Crippen molar-refractivity contribution in [1.82, 2.24) is 34.4 Å². The number of hydrogen-bond donors (Lipinski definition) is 0. The maximum atomic E-state index is 14.7. The Kier molecular flexibility index (Phi) is 5.64. The summed E-state index contributed by atoms with van der Waals surface area (Å²) in [7, 11) is 0. The average Bonchev–Trinajstić information content (AvgIpc) is 3.63. The topological polar surface area (TPSA) is 75.9 Å². The summed E-state index contributed by atoms with van der Waals surface area (Å²) < 4.78 is 16.6. The normalized spacial score (nSPS) is 17.0. The van der Waals surface area contributed by atoms with Crippen molar-refractivity contribution in [2.45, 2.75) is 45.2 Å². The zero-order valence-electron chi connectivity index (χ0n) is 20.1. The van der Waals surface area contributed by atoms with E-state index >= 15 is 0 Å². The molecule has 0 aromatic carbocycles. The van der Waals surface area contributed by atoms with Gasteiger partial charge in [0.05, 0.1) is 41.5 Å². The minimum atomic E-state index is -0.590. The van der Waals surface area contributed by atoms with Gasteiger partial charge >= 0.3 is 0 Å². The van der Waals surface area contributed by atoms with Crippen molar-refractivity contribution < 1.29 is 4.39 Å². The second-order valence-corrected chi connectivity index (χ2v) is 9.71. The highest BCUT2D eigenvalue weighted by atomic mass is 19.1. The molecular weight excluding hydrogens is 443 g/mol. The van der Waals surface area contributed by atoms with Crippen molar-refractivity contribution in [3.8, 4) is 11.4 Å². The number of halogens is 1. The number of fused-ring (bicyclic) bond motifs is 1. The Morgan fingerprint density at radius 2 is 1.80 bits per heavy atom. The van der Waals surface area contributed by atoms with Gasteiger partial charge < -0.3 is 9.47 Å². The fourth-order valence-electron chi connectivity index (χ4n) is 4.82. The van der Waals surface area contributed by atoms with Crippen LogP contribution in [0.25, 0.3) is 22.4 Å². The van der Waals surface area contributed by atoms with Crippen LogP contribution < -0.4 is 4.90 Å². The zero-order chi connectivity index (χ0) is 23.9. The van der Waals surface area contributed by atoms with E-state index in [4.69, 9.17) is 0 Å². The molecular formula is C26H29FN8. The van der Waals surface area contributed by atoms with Gasteiger partial charge in [-0.2, -0.15) is 4.39 Å². The molecule has 0 bridgehead atoms. The highest BCUT2D eigenvalue weighted by Crippen LogP contribution is 2.28. The molecule has 2 aliphatic rings. The molecule has 35 heavy (non-hydrogen) atoms. The van der Waals surface area contributed by atoms with Crippen LogP contribution in [0.15, 0.2) is 43.0 Å². The van der Waals surface area contributed by atoms with Gasteiger partial charge in [0.1, 0.15) is 11.3 Å². The lowest BCUT2D eigenvalue weighted by Crippen LogP contribution is -2.47. The molecule has 4 aromatic rings. The number of aromatic nitrogens is 6. The molecule has 0 unspecified atom stereocenters. The third kappa shape index (κ3) is 4.48. The summed E-state index contributed by atoms with van der Waals surface area (Å²) in [6.07, 6.45) is 8.51. The van der Waals surface area contributed by atoms with Crippen molar-refractivity contribution in [3.05, 3.63) is 60.5 Å². The van der Waals surface area contributed by atoms with Crippen LogP contribution >= 0.6 is 0 Å². The number of piperazine rings is 1. The second kappa shape index (κ2) is 8.96. The summed E-state index contributed by atoms with van der Waals surface area (Å²) in [4.78, 5) is 27.1. The van der Waals surface area contributed by atoms with Gasteiger partial charge in [-0.1, -0.05) is 0 Å². The van der Waals surface area contributed by atoms with Gasteiger partial charge in [-0.15, -0.1) is 0 Å². The van der Waals surface area contributed by atoms with Crippen LogP contribution in [0.4, 0.5) is 10.1 Å². The molecule has 180 valence electrons. The van der Waals surface area contributed by atoms with E-state index in [0.29, 0.717) is 29.1 Å². The molecule has 0 radical (unpaired) electrons. The molecule has 1 aliphatic carbocycles. The smallest absolute Gasteiger partial charge is 0.241 e. The van der Waals surface area contributed by atoms with Crippen molar-refractivity contribution in [2.24, 2.45) is 0 Å². The predicted molar refractivity (Wildman–Crippen MR) is 133 cm³/mol. The third-order valence-corrected chi connectivity index (χ3v) is 6.93. The summed E-state index contributed by atoms with van der Waals surface area (Å²) in [5, 5.41) is 0. The zero-order valence-corrected chi connectivity index (χ0v) is 20.1. The Bertz CT molecular complexity index is 1340. The van der Waals surface area contributed by atoms with Crippen LogP contribution in [0.3, 0.4) is 0 Å². The summed E-state index contributed by atoms with van der Waals surface area (Å²) >= 11 is 0. The van der Waals surface area contributed by atoms with Crippen molar-refractivity contribution in [3.63, 3.8) is 0 Å². The van der Waals surface area contributed by atoms with E-state index in [-0.39, 0.29) is 11.6 Å². The fraction of sp³-hybridized carbons (Fsp3) is 0.423. The lowest BCUT2D eigenvalue weighted by Gasteiger charge is -2.36. The van der Waals surface area contributed by atoms with Crippen LogP contribution in [0.5, 0.6) is 0 Å². The minimum Gasteiger partial charge on any atom is -0.368 e. The molecule has 9 heteroatoms. The van der Waals surface area contributed by atoms with Crippen molar-refractivity contribution >= 4 is 16.7 Å². The largest absolute Gasteiger partial charge is 0.368 e. The summed E-state index contributed by atoms with van der Waals surface area (Å²) in [5.74, 6) is 0.0350. The molecule has 1 saturated heterocycles. The summed E-state index contributed by atoms with van der Waals surface area (Å²) in [6, 6.07) is 8.77. The Morgan fingerprint density at radius 1 is 0.971 bits per heavy atom. The number of nitrogens with zero attached hydrogens (tertiary/aromatic N) is 8. The van der Waals surface area contributed by atoms with Crippen LogP contribution in [0.2, 0.25) is 0 Å². The highest BCUT2D eigenvalue weighted by Gasteiger charge is 2.31. The van der Waals surface area contributed by atoms with Gasteiger partial charge in [0.15, 0.2) is 0 Å². The molecule has 0 amide bonds. The Balaban J connectivity index is 1.18. The summed E-state index contributed by atoms with van der Waals surface area (Å²) in [6.45, 7) is 8.43. The fourth-order valence-corrected chi connectivity index (χ4v) is 4.82. The molecule has 0 spiro atoms. The van der Waals surface area contributed by atoms with E-state index in [9.17, 15) is 4.39 Å². The maximum absolute atomic E-state index is 14.7. The van der Waals surface area contributed by atoms with E-state index in [1.165, 1.54) is 12.8 Å². The monoisotopic (exact) mass is 472 g/mol. The Hall–Kier alpha value is -3.46. The molecule has 6 rings (SSSR count). The number of anilines is 1. The van der Waals surface area contributed by atoms with Gasteiger partial charge in [0.25, 0.3) is 0 Å². The van der Waals surface area contributed by atoms with Crippen molar-refractivity contribution in [2.75, 3.05) is 31.1 Å². The molecule has 8 nitrogen and oxygen atoms in total. The first-order valence-electron chi connectivity index (χ1n) is 12.3. The minimum absolute atomic E-state index is 0.159. The average molecular weight is 473 g/mol. The number of imidazole rings is 1. The van der Waals surface area contributed by atoms with E-state index in [1.807, 2.05) is 36.7 Å². The van der Waals surface area contributed by atoms with Gasteiger partial charge in [0, 0.05) is 50.2 Å². The van der Waals surface area contributed by atoms with Crippen molar-refractivity contribution in [1.29, 1.82) is 0 Å². The highest BCUT2D eigenvalue weighted by molar-refractivity contribution is 5.79. The third-order valence-electron chi connectivity index (χ3n) is 6.93. The SMILES string of the molecule is CC(C)n1cnc2c(F)nc(-c3ccnc(Cc4ccc(N5CCN(C6CC6)CC5)cn4)n3)cc21. The molecule has 1 saturated carbocycles. The van der Waals surface area contributed by atoms with E-state index in [1.54, 1.807) is 18.6 Å². The number of rotatable bonds is 6. The van der Waals surface area contributed by atoms with Gasteiger partial charge in [0.2, 0.25) is 5.95 Å². The lowest BCUT2D eigenvalue weighted by atomic mass is 10.2.